The number of hydrogen-bond donors (Lipinski definition) is 1. The summed E-state index contributed by atoms with van der Waals surface area (Å²) in [7, 11) is 0. The van der Waals surface area contributed by atoms with Crippen LogP contribution in [0.2, 0.25) is 0 Å². The van der Waals surface area contributed by atoms with Gasteiger partial charge in [0.25, 0.3) is 0 Å². The Labute approximate surface area is 45.1 Å². The molecule has 0 bridgehead atoms. The Morgan fingerprint density at radius 1 is 1.75 bits per heavy atom. The van der Waals surface area contributed by atoms with E-state index in [2.05, 4.69) is 0 Å². The predicted octanol–water partition coefficient (Wildman–Crippen LogP) is 0.201. The summed E-state index contributed by atoms with van der Waals surface area (Å²) in [6.07, 6.45) is -2.46. The van der Waals surface area contributed by atoms with E-state index in [4.69, 9.17) is 5.11 Å². The number of carbonyl (C=O) groups is 1. The maximum atomic E-state index is 11.7. The van der Waals surface area contributed by atoms with Crippen LogP contribution in [-0.4, -0.2) is 23.4 Å². The highest BCUT2D eigenvalue weighted by Crippen LogP contribution is 2.13. The zero-order valence-electron chi connectivity index (χ0n) is 4.27. The van der Waals surface area contributed by atoms with Crippen molar-refractivity contribution in [2.75, 3.05) is 0 Å². The molecule has 0 fully saturated rings. The normalized spacial score (nSPS) is 15.5. The molecule has 0 spiro atoms. The zero-order chi connectivity index (χ0) is 6.78. The van der Waals surface area contributed by atoms with E-state index in [9.17, 15) is 13.6 Å². The third-order valence-electron chi connectivity index (χ3n) is 0.714. The number of aliphatic hydroxyl groups excluding tert-OH is 1. The summed E-state index contributed by atoms with van der Waals surface area (Å²) < 4.78 is 23.3. The van der Waals surface area contributed by atoms with E-state index in [0.29, 0.717) is 0 Å². The Morgan fingerprint density at radius 2 is 2.12 bits per heavy atom. The van der Waals surface area contributed by atoms with Gasteiger partial charge in [0.05, 0.1) is 0 Å². The van der Waals surface area contributed by atoms with Crippen LogP contribution >= 0.6 is 0 Å². The molecule has 48 valence electrons. The van der Waals surface area contributed by atoms with Crippen LogP contribution in [0.5, 0.6) is 0 Å². The number of rotatable bonds is 2. The monoisotopic (exact) mass is 124 g/mol. The minimum absolute atomic E-state index is 0.572. The van der Waals surface area contributed by atoms with Crippen molar-refractivity contribution in [3.63, 3.8) is 0 Å². The van der Waals surface area contributed by atoms with Crippen molar-refractivity contribution in [2.45, 2.75) is 19.0 Å². The van der Waals surface area contributed by atoms with Gasteiger partial charge in [-0.2, -0.15) is 8.78 Å². The van der Waals surface area contributed by atoms with Crippen molar-refractivity contribution in [3.8, 4) is 0 Å². The summed E-state index contributed by atoms with van der Waals surface area (Å²) in [5, 5.41) is 8.10. The molecule has 0 saturated carbocycles. The molecule has 0 amide bonds. The molecule has 0 saturated heterocycles. The molecule has 8 heavy (non-hydrogen) atoms. The highest BCUT2D eigenvalue weighted by molar-refractivity contribution is 5.60. The third kappa shape index (κ3) is 1.54. The summed E-state index contributed by atoms with van der Waals surface area (Å²) in [6, 6.07) is 0. The van der Waals surface area contributed by atoms with Crippen LogP contribution in [0.3, 0.4) is 0 Å². The van der Waals surface area contributed by atoms with Crippen molar-refractivity contribution < 1.29 is 18.7 Å². The van der Waals surface area contributed by atoms with Gasteiger partial charge in [-0.1, -0.05) is 0 Å². The maximum Gasteiger partial charge on any atom is 0.327 e. The van der Waals surface area contributed by atoms with Crippen molar-refractivity contribution in [2.24, 2.45) is 0 Å². The number of aldehydes is 1. The average molecular weight is 124 g/mol. The molecular weight excluding hydrogens is 118 g/mol. The second kappa shape index (κ2) is 2.17. The van der Waals surface area contributed by atoms with Crippen LogP contribution < -0.4 is 0 Å². The van der Waals surface area contributed by atoms with E-state index >= 15 is 0 Å². The lowest BCUT2D eigenvalue weighted by Gasteiger charge is -2.09. The molecule has 0 aromatic heterocycles. The standard InChI is InChI=1S/C4H6F2O2/c1-3(8)4(5,6)2-7/h2-3,8H,1H3. The van der Waals surface area contributed by atoms with Gasteiger partial charge in [-0.15, -0.1) is 0 Å². The molecular formula is C4H6F2O2. The number of carbonyl (C=O) groups excluding carboxylic acids is 1. The maximum absolute atomic E-state index is 11.7. The summed E-state index contributed by atoms with van der Waals surface area (Å²) in [5.41, 5.74) is 0. The molecule has 2 nitrogen and oxygen atoms in total. The molecule has 0 aliphatic rings. The topological polar surface area (TPSA) is 37.3 Å². The fourth-order valence-corrected chi connectivity index (χ4v) is 0.0985. The molecule has 0 aliphatic heterocycles. The van der Waals surface area contributed by atoms with Crippen LogP contribution in [0.15, 0.2) is 0 Å². The number of halogens is 2. The van der Waals surface area contributed by atoms with Gasteiger partial charge in [0.2, 0.25) is 0 Å². The predicted molar refractivity (Wildman–Crippen MR) is 22.7 cm³/mol. The quantitative estimate of drug-likeness (QED) is 0.534. The first kappa shape index (κ1) is 7.49. The van der Waals surface area contributed by atoms with Crippen LogP contribution in [0, 0.1) is 0 Å². The van der Waals surface area contributed by atoms with E-state index < -0.39 is 18.3 Å². The average Bonchev–Trinajstić information content (AvgIpc) is 1.67. The molecule has 0 aromatic rings. The summed E-state index contributed by atoms with van der Waals surface area (Å²) in [6.45, 7) is 0.856. The smallest absolute Gasteiger partial charge is 0.327 e. The lowest BCUT2D eigenvalue weighted by molar-refractivity contribution is -0.144. The van der Waals surface area contributed by atoms with Crippen LogP contribution in [0.1, 0.15) is 6.92 Å². The van der Waals surface area contributed by atoms with Gasteiger partial charge in [0.15, 0.2) is 6.29 Å². The summed E-state index contributed by atoms with van der Waals surface area (Å²) >= 11 is 0. The minimum Gasteiger partial charge on any atom is -0.387 e. The van der Waals surface area contributed by atoms with Gasteiger partial charge in [-0.25, -0.2) is 0 Å². The Balaban J connectivity index is 3.90. The van der Waals surface area contributed by atoms with Gasteiger partial charge in [0, 0.05) is 0 Å². The fraction of sp³-hybridized carbons (Fsp3) is 0.750. The van der Waals surface area contributed by atoms with E-state index in [1.165, 1.54) is 0 Å². The first-order valence-electron chi connectivity index (χ1n) is 2.03. The summed E-state index contributed by atoms with van der Waals surface area (Å²) in [5.74, 6) is -3.58. The van der Waals surface area contributed by atoms with Crippen molar-refractivity contribution in [3.05, 3.63) is 0 Å². The highest BCUT2D eigenvalue weighted by atomic mass is 19.3. The molecule has 0 rings (SSSR count). The molecule has 1 atom stereocenters. The molecule has 1 N–H and O–H groups in total. The number of alkyl halides is 2. The fourth-order valence-electron chi connectivity index (χ4n) is 0.0985. The van der Waals surface area contributed by atoms with Gasteiger partial charge in [0.1, 0.15) is 6.10 Å². The molecule has 0 heterocycles. The van der Waals surface area contributed by atoms with Crippen molar-refractivity contribution >= 4 is 6.29 Å². The van der Waals surface area contributed by atoms with Crippen molar-refractivity contribution in [1.82, 2.24) is 0 Å². The number of aliphatic hydroxyl groups is 1. The van der Waals surface area contributed by atoms with E-state index in [0.717, 1.165) is 6.92 Å². The Hall–Kier alpha value is -0.510. The second-order valence-corrected chi connectivity index (χ2v) is 1.47. The molecule has 0 aromatic carbocycles. The van der Waals surface area contributed by atoms with E-state index in [1.54, 1.807) is 0 Å². The second-order valence-electron chi connectivity index (χ2n) is 1.47. The van der Waals surface area contributed by atoms with Crippen LogP contribution in [0.4, 0.5) is 8.78 Å². The molecule has 0 radical (unpaired) electrons. The van der Waals surface area contributed by atoms with Gasteiger partial charge in [-0.05, 0) is 6.92 Å². The third-order valence-corrected chi connectivity index (χ3v) is 0.714. The molecule has 4 heteroatoms. The first-order chi connectivity index (χ1) is 3.50. The minimum atomic E-state index is -3.58. The van der Waals surface area contributed by atoms with Gasteiger partial charge >= 0.3 is 5.92 Å². The largest absolute Gasteiger partial charge is 0.387 e. The SMILES string of the molecule is CC(O)C(F)(F)C=O. The van der Waals surface area contributed by atoms with E-state index in [1.807, 2.05) is 0 Å². The lowest BCUT2D eigenvalue weighted by Crippen LogP contribution is -2.31. The molecule has 1 unspecified atom stereocenters. The first-order valence-corrected chi connectivity index (χ1v) is 2.03. The Bertz CT molecular complexity index is 90.0. The Morgan fingerprint density at radius 3 is 2.12 bits per heavy atom. The van der Waals surface area contributed by atoms with Crippen LogP contribution in [-0.2, 0) is 4.79 Å². The Kier molecular flexibility index (Phi) is 2.03. The zero-order valence-corrected chi connectivity index (χ0v) is 4.27. The highest BCUT2D eigenvalue weighted by Gasteiger charge is 2.34. The van der Waals surface area contributed by atoms with Crippen LogP contribution in [0.25, 0.3) is 0 Å². The summed E-state index contributed by atoms with van der Waals surface area (Å²) in [4.78, 5) is 9.36. The molecule has 0 aliphatic carbocycles. The number of hydrogen-bond acceptors (Lipinski definition) is 2. The van der Waals surface area contributed by atoms with Gasteiger partial charge in [-0.3, -0.25) is 4.79 Å². The van der Waals surface area contributed by atoms with Gasteiger partial charge < -0.3 is 5.11 Å². The van der Waals surface area contributed by atoms with Crippen molar-refractivity contribution in [1.29, 1.82) is 0 Å². The van der Waals surface area contributed by atoms with E-state index in [-0.39, 0.29) is 0 Å². The lowest BCUT2D eigenvalue weighted by atomic mass is 10.2.